The first-order valence-electron chi connectivity index (χ1n) is 6.77. The first-order valence-corrected chi connectivity index (χ1v) is 8.30. The summed E-state index contributed by atoms with van der Waals surface area (Å²) in [6.45, 7) is 2.13. The molecule has 1 fully saturated rings. The van der Waals surface area contributed by atoms with E-state index < -0.39 is 32.2 Å². The number of methoxy groups -OCH3 is 1. The third-order valence-electron chi connectivity index (χ3n) is 3.25. The fourth-order valence-corrected chi connectivity index (χ4v) is 2.94. The van der Waals surface area contributed by atoms with E-state index in [9.17, 15) is 4.57 Å². The van der Waals surface area contributed by atoms with Crippen LogP contribution in [0.1, 0.15) is 6.92 Å². The van der Waals surface area contributed by atoms with Gasteiger partial charge < -0.3 is 35.0 Å². The highest BCUT2D eigenvalue weighted by atomic mass is 31.2. The van der Waals surface area contributed by atoms with Gasteiger partial charge in [-0.1, -0.05) is 0 Å². The van der Waals surface area contributed by atoms with E-state index in [4.69, 9.17) is 35.1 Å². The Labute approximate surface area is 129 Å². The predicted molar refractivity (Wildman–Crippen MR) is 80.2 cm³/mol. The second-order valence-corrected chi connectivity index (χ2v) is 6.18. The van der Waals surface area contributed by atoms with Crippen LogP contribution in [0.15, 0.2) is 0 Å². The number of nitrogens with one attached hydrogen (secondary N) is 2. The van der Waals surface area contributed by atoms with Crippen LogP contribution in [0.25, 0.3) is 0 Å². The lowest BCUT2D eigenvalue weighted by molar-refractivity contribution is -0.0685. The molecule has 5 atom stereocenters. The molecule has 1 aliphatic rings. The van der Waals surface area contributed by atoms with Gasteiger partial charge in [-0.3, -0.25) is 9.93 Å². The van der Waals surface area contributed by atoms with Crippen molar-refractivity contribution in [1.29, 1.82) is 5.41 Å². The molecule has 0 aromatic carbocycles. The molecule has 0 aromatic rings. The molecule has 6 N–H and O–H groups in total. The molecule has 10 nitrogen and oxygen atoms in total. The quantitative estimate of drug-likeness (QED) is 0.108. The first-order chi connectivity index (χ1) is 10.2. The number of ether oxygens (including phenoxy) is 3. The third kappa shape index (κ3) is 5.84. The SMILES string of the molecule is B[C@@H]1O[C@H](C(C)OP(=O)(O)O)[C@@H](OC)[C@H]1OCCNC(=N)N. The van der Waals surface area contributed by atoms with Crippen LogP contribution in [0.4, 0.5) is 0 Å². The Hall–Kier alpha value is -0.675. The third-order valence-corrected chi connectivity index (χ3v) is 3.86. The van der Waals surface area contributed by atoms with Gasteiger partial charge in [0.15, 0.2) is 5.96 Å². The molecule has 1 rings (SSSR count). The van der Waals surface area contributed by atoms with Crippen molar-refractivity contribution in [3.8, 4) is 0 Å². The van der Waals surface area contributed by atoms with Crippen LogP contribution in [0.2, 0.25) is 0 Å². The summed E-state index contributed by atoms with van der Waals surface area (Å²) in [4.78, 5) is 17.8. The molecule has 1 heterocycles. The zero-order chi connectivity index (χ0) is 16.9. The Morgan fingerprint density at radius 1 is 1.55 bits per heavy atom. The lowest BCUT2D eigenvalue weighted by Crippen LogP contribution is -2.42. The molecule has 0 radical (unpaired) electrons. The predicted octanol–water partition coefficient (Wildman–Crippen LogP) is -2.27. The van der Waals surface area contributed by atoms with E-state index in [1.165, 1.54) is 14.0 Å². The normalized spacial score (nSPS) is 30.2. The van der Waals surface area contributed by atoms with Crippen LogP contribution < -0.4 is 11.1 Å². The van der Waals surface area contributed by atoms with Crippen molar-refractivity contribution in [1.82, 2.24) is 5.32 Å². The van der Waals surface area contributed by atoms with Crippen LogP contribution in [0.3, 0.4) is 0 Å². The molecule has 0 bridgehead atoms. The molecule has 1 unspecified atom stereocenters. The van der Waals surface area contributed by atoms with Crippen LogP contribution >= 0.6 is 7.82 Å². The highest BCUT2D eigenvalue weighted by molar-refractivity contribution is 7.46. The summed E-state index contributed by atoms with van der Waals surface area (Å²) in [5, 5.41) is 9.65. The molecule has 0 aliphatic carbocycles. The maximum atomic E-state index is 10.9. The van der Waals surface area contributed by atoms with Gasteiger partial charge in [0.1, 0.15) is 26.2 Å². The number of guanidine groups is 1. The van der Waals surface area contributed by atoms with E-state index in [0.717, 1.165) is 0 Å². The first kappa shape index (κ1) is 19.4. The lowest BCUT2D eigenvalue weighted by atomic mass is 9.92. The summed E-state index contributed by atoms with van der Waals surface area (Å²) < 4.78 is 32.3. The van der Waals surface area contributed by atoms with Crippen molar-refractivity contribution < 1.29 is 33.1 Å². The molecule has 1 saturated heterocycles. The lowest BCUT2D eigenvalue weighted by Gasteiger charge is -2.26. The Balaban J connectivity index is 2.60. The molecule has 0 aromatic heterocycles. The number of nitrogens with two attached hydrogens (primary N) is 1. The minimum absolute atomic E-state index is 0.149. The van der Waals surface area contributed by atoms with E-state index in [1.807, 2.05) is 0 Å². The average Bonchev–Trinajstić information content (AvgIpc) is 2.69. The van der Waals surface area contributed by atoms with Crippen molar-refractivity contribution in [2.45, 2.75) is 37.3 Å². The van der Waals surface area contributed by atoms with E-state index in [-0.39, 0.29) is 18.6 Å². The largest absolute Gasteiger partial charge is 0.469 e. The smallest absolute Gasteiger partial charge is 0.376 e. The van der Waals surface area contributed by atoms with Gasteiger partial charge in [-0.15, -0.1) is 0 Å². The zero-order valence-electron chi connectivity index (χ0n) is 12.8. The van der Waals surface area contributed by atoms with E-state index >= 15 is 0 Å². The number of phosphoric acid groups is 1. The fraction of sp³-hybridized carbons (Fsp3) is 0.900. The number of phosphoric ester groups is 1. The highest BCUT2D eigenvalue weighted by Crippen LogP contribution is 2.40. The highest BCUT2D eigenvalue weighted by Gasteiger charge is 2.47. The molecule has 0 spiro atoms. The van der Waals surface area contributed by atoms with Gasteiger partial charge in [-0.05, 0) is 6.92 Å². The van der Waals surface area contributed by atoms with Gasteiger partial charge >= 0.3 is 7.82 Å². The van der Waals surface area contributed by atoms with Crippen LogP contribution in [0.5, 0.6) is 0 Å². The van der Waals surface area contributed by atoms with Gasteiger partial charge in [-0.2, -0.15) is 0 Å². The molecule has 0 amide bonds. The van der Waals surface area contributed by atoms with E-state index in [1.54, 1.807) is 7.85 Å². The monoisotopic (exact) mass is 339 g/mol. The second kappa shape index (κ2) is 8.25. The van der Waals surface area contributed by atoms with E-state index in [0.29, 0.717) is 6.54 Å². The Morgan fingerprint density at radius 3 is 2.68 bits per heavy atom. The minimum atomic E-state index is -4.61. The van der Waals surface area contributed by atoms with Crippen molar-refractivity contribution in [3.05, 3.63) is 0 Å². The van der Waals surface area contributed by atoms with Crippen molar-refractivity contribution >= 4 is 21.6 Å². The van der Waals surface area contributed by atoms with E-state index in [2.05, 4.69) is 9.84 Å². The Kier molecular flexibility index (Phi) is 7.27. The standard InChI is InChI=1S/C10H23BN3O7P/c1-5(21-22(15,16)17)6-7(18-2)8(9(11)20-6)19-4-3-14-10(12)13/h5-9H,3-4,11H2,1-2H3,(H4,12,13,14)(H2,15,16,17)/t5?,6-,7-,8-,9-/m1/s1. The molecule has 22 heavy (non-hydrogen) atoms. The number of hydrogen-bond acceptors (Lipinski definition) is 6. The van der Waals surface area contributed by atoms with Crippen LogP contribution in [0, 0.1) is 5.41 Å². The second-order valence-electron chi connectivity index (χ2n) is 4.98. The minimum Gasteiger partial charge on any atom is -0.376 e. The van der Waals surface area contributed by atoms with Crippen LogP contribution in [-0.4, -0.2) is 74.3 Å². The van der Waals surface area contributed by atoms with Gasteiger partial charge in [-0.25, -0.2) is 4.57 Å². The summed E-state index contributed by atoms with van der Waals surface area (Å²) in [5.41, 5.74) is 5.16. The molecular formula is C10H23BN3O7P. The Bertz CT molecular complexity index is 423. The Morgan fingerprint density at radius 2 is 2.18 bits per heavy atom. The number of hydrogen-bond donors (Lipinski definition) is 5. The maximum Gasteiger partial charge on any atom is 0.469 e. The topological polar surface area (TPSA) is 156 Å². The number of rotatable bonds is 8. The molecular weight excluding hydrogens is 316 g/mol. The van der Waals surface area contributed by atoms with Gasteiger partial charge in [0.05, 0.1) is 18.7 Å². The van der Waals surface area contributed by atoms with Crippen LogP contribution in [-0.2, 0) is 23.3 Å². The maximum absolute atomic E-state index is 10.9. The fourth-order valence-electron chi connectivity index (χ4n) is 2.39. The van der Waals surface area contributed by atoms with Gasteiger partial charge in [0.25, 0.3) is 0 Å². The van der Waals surface area contributed by atoms with Gasteiger partial charge in [0, 0.05) is 13.7 Å². The summed E-state index contributed by atoms with van der Waals surface area (Å²) >= 11 is 0. The zero-order valence-corrected chi connectivity index (χ0v) is 13.7. The molecule has 12 heteroatoms. The van der Waals surface area contributed by atoms with Gasteiger partial charge in [0.2, 0.25) is 0 Å². The average molecular weight is 339 g/mol. The molecule has 1 aliphatic heterocycles. The van der Waals surface area contributed by atoms with Crippen molar-refractivity contribution in [2.75, 3.05) is 20.3 Å². The summed E-state index contributed by atoms with van der Waals surface area (Å²) in [7, 11) is -1.37. The summed E-state index contributed by atoms with van der Waals surface area (Å²) in [6.07, 6.45) is -2.49. The summed E-state index contributed by atoms with van der Waals surface area (Å²) in [5.74, 6) is -0.149. The summed E-state index contributed by atoms with van der Waals surface area (Å²) in [6, 6.07) is -0.338. The van der Waals surface area contributed by atoms with Crippen molar-refractivity contribution in [3.63, 3.8) is 0 Å². The molecule has 0 saturated carbocycles. The van der Waals surface area contributed by atoms with Crippen molar-refractivity contribution in [2.24, 2.45) is 5.73 Å². The molecule has 128 valence electrons.